The molecule has 0 aromatic heterocycles. The molecular weight excluding hydrogens is 284 g/mol. The zero-order chi connectivity index (χ0) is 15.9. The van der Waals surface area contributed by atoms with Crippen LogP contribution in [-0.4, -0.2) is 45.7 Å². The van der Waals surface area contributed by atoms with Crippen molar-refractivity contribution in [2.75, 3.05) is 6.61 Å². The number of hydrogen-bond donors (Lipinski definition) is 2. The van der Waals surface area contributed by atoms with Crippen LogP contribution in [-0.2, 0) is 14.3 Å². The maximum Gasteiger partial charge on any atom is 0.180 e. The summed E-state index contributed by atoms with van der Waals surface area (Å²) in [4.78, 5) is 25.8. The molecule has 4 rings (SSSR count). The van der Waals surface area contributed by atoms with Crippen LogP contribution in [0.4, 0.5) is 0 Å². The van der Waals surface area contributed by atoms with Crippen molar-refractivity contribution in [3.05, 3.63) is 12.2 Å². The Bertz CT molecular complexity index is 594. The van der Waals surface area contributed by atoms with Gasteiger partial charge in [-0.1, -0.05) is 12.2 Å². The van der Waals surface area contributed by atoms with Gasteiger partial charge in [-0.25, -0.2) is 0 Å². The fourth-order valence-electron chi connectivity index (χ4n) is 5.30. The summed E-state index contributed by atoms with van der Waals surface area (Å²) in [5.41, 5.74) is -2.82. The van der Waals surface area contributed by atoms with E-state index in [-0.39, 0.29) is 30.6 Å². The van der Waals surface area contributed by atoms with E-state index in [9.17, 15) is 19.8 Å². The van der Waals surface area contributed by atoms with Crippen molar-refractivity contribution in [3.63, 3.8) is 0 Å². The molecule has 1 aliphatic heterocycles. The van der Waals surface area contributed by atoms with E-state index < -0.39 is 28.5 Å². The van der Waals surface area contributed by atoms with E-state index in [1.165, 1.54) is 0 Å². The average molecular weight is 306 g/mol. The van der Waals surface area contributed by atoms with Crippen LogP contribution in [0, 0.1) is 17.3 Å². The Hall–Kier alpha value is -1.04. The van der Waals surface area contributed by atoms with Gasteiger partial charge in [-0.2, -0.15) is 0 Å². The summed E-state index contributed by atoms with van der Waals surface area (Å²) < 4.78 is 5.38. The molecule has 1 spiro atoms. The van der Waals surface area contributed by atoms with Crippen molar-refractivity contribution >= 4 is 11.6 Å². The van der Waals surface area contributed by atoms with Crippen LogP contribution in [0.15, 0.2) is 12.2 Å². The van der Waals surface area contributed by atoms with Gasteiger partial charge in [0.2, 0.25) is 0 Å². The van der Waals surface area contributed by atoms with E-state index >= 15 is 0 Å². The number of carbonyl (C=O) groups excluding carboxylic acids is 2. The maximum atomic E-state index is 13.0. The summed E-state index contributed by atoms with van der Waals surface area (Å²) in [6, 6.07) is 0. The molecular formula is C17H22O5. The number of carbonyl (C=O) groups is 2. The van der Waals surface area contributed by atoms with E-state index in [0.29, 0.717) is 19.3 Å². The molecule has 0 amide bonds. The predicted octanol–water partition coefficient (Wildman–Crippen LogP) is 0.772. The van der Waals surface area contributed by atoms with Gasteiger partial charge in [0.15, 0.2) is 11.6 Å². The van der Waals surface area contributed by atoms with Crippen LogP contribution in [0.25, 0.3) is 0 Å². The molecule has 4 fully saturated rings. The van der Waals surface area contributed by atoms with Gasteiger partial charge in [0.05, 0.1) is 17.6 Å². The minimum absolute atomic E-state index is 0.0728. The largest absolute Gasteiger partial charge is 0.390 e. The molecule has 0 unspecified atom stereocenters. The molecule has 2 N–H and O–H groups in total. The fourth-order valence-corrected chi connectivity index (χ4v) is 5.30. The van der Waals surface area contributed by atoms with E-state index in [0.717, 1.165) is 12.0 Å². The summed E-state index contributed by atoms with van der Waals surface area (Å²) in [6.45, 7) is 5.78. The molecule has 6 atom stereocenters. The van der Waals surface area contributed by atoms with Crippen LogP contribution in [0.3, 0.4) is 0 Å². The zero-order valence-corrected chi connectivity index (χ0v) is 12.8. The van der Waals surface area contributed by atoms with Crippen molar-refractivity contribution in [1.82, 2.24) is 0 Å². The lowest BCUT2D eigenvalue weighted by Gasteiger charge is -2.48. The molecule has 5 nitrogen and oxygen atoms in total. The third kappa shape index (κ3) is 1.59. The van der Waals surface area contributed by atoms with Crippen molar-refractivity contribution in [1.29, 1.82) is 0 Å². The van der Waals surface area contributed by atoms with Crippen molar-refractivity contribution in [2.45, 2.75) is 56.3 Å². The molecule has 1 saturated heterocycles. The Labute approximate surface area is 129 Å². The third-order valence-electron chi connectivity index (χ3n) is 6.54. The number of fused-ring (bicyclic) bond motifs is 3. The summed E-state index contributed by atoms with van der Waals surface area (Å²) in [6.07, 6.45) is 1.48. The van der Waals surface area contributed by atoms with Crippen molar-refractivity contribution in [2.24, 2.45) is 17.3 Å². The first-order chi connectivity index (χ1) is 10.2. The second-order valence-electron chi connectivity index (χ2n) is 7.96. The van der Waals surface area contributed by atoms with Gasteiger partial charge in [-0.3, -0.25) is 9.59 Å². The van der Waals surface area contributed by atoms with Crippen molar-refractivity contribution < 1.29 is 24.5 Å². The first kappa shape index (κ1) is 14.5. The van der Waals surface area contributed by atoms with Gasteiger partial charge in [0.25, 0.3) is 0 Å². The number of ether oxygens (including phenoxy) is 1. The standard InChI is InChI=1S/C17H22O5/c1-9-5-16(6-11-10(9)3-4-15(11,2)20)13(18)12-7-17(21,8-22-12)14(16)19/h10-12,20-21H,1,3-8H2,2H3/t10-,11-,12+,15+,16-,17-/m0/s1. The Morgan fingerprint density at radius 2 is 2.00 bits per heavy atom. The third-order valence-corrected chi connectivity index (χ3v) is 6.54. The first-order valence-electron chi connectivity index (χ1n) is 8.03. The highest BCUT2D eigenvalue weighted by molar-refractivity contribution is 6.15. The van der Waals surface area contributed by atoms with E-state index in [1.54, 1.807) is 6.92 Å². The average Bonchev–Trinajstić information content (AvgIpc) is 2.97. The van der Waals surface area contributed by atoms with Gasteiger partial charge >= 0.3 is 0 Å². The fraction of sp³-hybridized carbons (Fsp3) is 0.765. The number of ketones is 2. The molecule has 120 valence electrons. The minimum Gasteiger partial charge on any atom is -0.390 e. The van der Waals surface area contributed by atoms with Crippen LogP contribution < -0.4 is 0 Å². The van der Waals surface area contributed by atoms with Gasteiger partial charge < -0.3 is 14.9 Å². The predicted molar refractivity (Wildman–Crippen MR) is 77.0 cm³/mol. The minimum atomic E-state index is -1.55. The van der Waals surface area contributed by atoms with Crippen molar-refractivity contribution in [3.8, 4) is 0 Å². The van der Waals surface area contributed by atoms with Gasteiger partial charge in [-0.15, -0.1) is 0 Å². The molecule has 4 aliphatic rings. The Kier molecular flexibility index (Phi) is 2.69. The number of allylic oxidation sites excluding steroid dienone is 1. The second kappa shape index (κ2) is 4.08. The molecule has 0 aromatic rings. The van der Waals surface area contributed by atoms with Gasteiger partial charge in [0, 0.05) is 6.42 Å². The Morgan fingerprint density at radius 3 is 2.73 bits per heavy atom. The number of hydrogen-bond acceptors (Lipinski definition) is 5. The summed E-state index contributed by atoms with van der Waals surface area (Å²) in [7, 11) is 0. The molecule has 5 heteroatoms. The van der Waals surface area contributed by atoms with Crippen LogP contribution in [0.1, 0.15) is 39.0 Å². The molecule has 3 saturated carbocycles. The summed E-state index contributed by atoms with van der Waals surface area (Å²) in [5.74, 6) is -0.623. The molecule has 1 heterocycles. The van der Waals surface area contributed by atoms with Gasteiger partial charge in [-0.05, 0) is 44.4 Å². The second-order valence-corrected chi connectivity index (χ2v) is 7.96. The molecule has 2 bridgehead atoms. The molecule has 0 radical (unpaired) electrons. The topological polar surface area (TPSA) is 83.8 Å². The van der Waals surface area contributed by atoms with Crippen LogP contribution in [0.5, 0.6) is 0 Å². The van der Waals surface area contributed by atoms with Gasteiger partial charge in [0.1, 0.15) is 11.7 Å². The number of aliphatic hydroxyl groups is 2. The molecule has 3 aliphatic carbocycles. The lowest BCUT2D eigenvalue weighted by molar-refractivity contribution is -0.162. The normalized spacial score (nSPS) is 54.1. The summed E-state index contributed by atoms with van der Waals surface area (Å²) >= 11 is 0. The highest BCUT2D eigenvalue weighted by Crippen LogP contribution is 2.59. The lowest BCUT2D eigenvalue weighted by atomic mass is 9.54. The lowest BCUT2D eigenvalue weighted by Crippen LogP contribution is -2.61. The zero-order valence-electron chi connectivity index (χ0n) is 12.8. The van der Waals surface area contributed by atoms with E-state index in [2.05, 4.69) is 6.58 Å². The monoisotopic (exact) mass is 306 g/mol. The Morgan fingerprint density at radius 1 is 1.27 bits per heavy atom. The van der Waals surface area contributed by atoms with E-state index in [4.69, 9.17) is 4.74 Å². The highest BCUT2D eigenvalue weighted by Gasteiger charge is 2.68. The van der Waals surface area contributed by atoms with Crippen LogP contribution in [0.2, 0.25) is 0 Å². The SMILES string of the molecule is C=C1C[C@]2(C[C@H]3[C@H]1CC[C@@]3(C)O)C(=O)[C@H]1C[C@](O)(CO1)C2=O. The first-order valence-corrected chi connectivity index (χ1v) is 8.03. The maximum absolute atomic E-state index is 13.0. The van der Waals surface area contributed by atoms with E-state index in [1.807, 2.05) is 0 Å². The Balaban J connectivity index is 1.79. The summed E-state index contributed by atoms with van der Waals surface area (Å²) in [5, 5.41) is 21.2. The number of rotatable bonds is 0. The quantitative estimate of drug-likeness (QED) is 0.510. The molecule has 0 aromatic carbocycles. The number of Topliss-reactive ketones (excluding diaryl/α,β-unsaturated/α-hetero) is 2. The smallest absolute Gasteiger partial charge is 0.180 e. The molecule has 22 heavy (non-hydrogen) atoms. The highest BCUT2D eigenvalue weighted by atomic mass is 16.5. The van der Waals surface area contributed by atoms with Crippen LogP contribution >= 0.6 is 0 Å².